The van der Waals surface area contributed by atoms with E-state index in [4.69, 9.17) is 4.74 Å². The molecule has 1 fully saturated rings. The molecular formula is C20H21NO2. The van der Waals surface area contributed by atoms with E-state index in [-0.39, 0.29) is 18.1 Å². The van der Waals surface area contributed by atoms with Crippen LogP contribution in [0, 0.1) is 17.2 Å². The van der Waals surface area contributed by atoms with E-state index < -0.39 is 5.60 Å². The van der Waals surface area contributed by atoms with Crippen molar-refractivity contribution in [1.82, 2.24) is 0 Å². The number of aliphatic hydroxyl groups is 1. The maximum atomic E-state index is 11.0. The summed E-state index contributed by atoms with van der Waals surface area (Å²) in [6, 6.07) is 21.9. The zero-order valence-corrected chi connectivity index (χ0v) is 13.2. The molecule has 3 heteroatoms. The molecule has 1 heterocycles. The maximum Gasteiger partial charge on any atom is 0.159 e. The summed E-state index contributed by atoms with van der Waals surface area (Å²) < 4.78 is 6.35. The minimum atomic E-state index is -1.38. The Hall–Kier alpha value is -2.15. The number of hydrogen-bond donors (Lipinski definition) is 1. The second kappa shape index (κ2) is 6.54. The molecule has 0 aromatic heterocycles. The molecule has 1 aliphatic heterocycles. The molecular weight excluding hydrogens is 286 g/mol. The van der Waals surface area contributed by atoms with Gasteiger partial charge in [-0.05, 0) is 17.5 Å². The fourth-order valence-corrected chi connectivity index (χ4v) is 3.50. The van der Waals surface area contributed by atoms with Crippen LogP contribution < -0.4 is 0 Å². The first-order valence-electron chi connectivity index (χ1n) is 8.07. The number of ether oxygens (including phenoxy) is 1. The van der Waals surface area contributed by atoms with Gasteiger partial charge >= 0.3 is 0 Å². The van der Waals surface area contributed by atoms with Crippen molar-refractivity contribution >= 4 is 0 Å². The molecule has 1 saturated heterocycles. The van der Waals surface area contributed by atoms with Gasteiger partial charge in [-0.15, -0.1) is 0 Å². The van der Waals surface area contributed by atoms with Crippen molar-refractivity contribution in [3.63, 3.8) is 0 Å². The van der Waals surface area contributed by atoms with Gasteiger partial charge in [-0.1, -0.05) is 67.6 Å². The molecule has 0 aliphatic carbocycles. The van der Waals surface area contributed by atoms with E-state index in [2.05, 4.69) is 6.07 Å². The summed E-state index contributed by atoms with van der Waals surface area (Å²) in [6.07, 6.45) is 0.416. The Kier molecular flexibility index (Phi) is 4.47. The summed E-state index contributed by atoms with van der Waals surface area (Å²) in [5.74, 6) is -0.241. The van der Waals surface area contributed by atoms with Crippen LogP contribution in [-0.2, 0) is 4.74 Å². The number of nitrogens with zero attached hydrogens (tertiary/aromatic N) is 1. The highest BCUT2D eigenvalue weighted by Crippen LogP contribution is 2.48. The van der Waals surface area contributed by atoms with Gasteiger partial charge in [0.15, 0.2) is 5.60 Å². The normalized spacial score (nSPS) is 30.6. The van der Waals surface area contributed by atoms with Crippen LogP contribution >= 0.6 is 0 Å². The van der Waals surface area contributed by atoms with Crippen molar-refractivity contribution in [1.29, 1.82) is 5.26 Å². The van der Waals surface area contributed by atoms with Crippen molar-refractivity contribution in [2.24, 2.45) is 5.92 Å². The molecule has 3 nitrogen and oxygen atoms in total. The van der Waals surface area contributed by atoms with Crippen LogP contribution in [0.2, 0.25) is 0 Å². The topological polar surface area (TPSA) is 53.2 Å². The van der Waals surface area contributed by atoms with Crippen LogP contribution in [0.1, 0.15) is 43.1 Å². The monoisotopic (exact) mass is 307 g/mol. The molecule has 0 bridgehead atoms. The lowest BCUT2D eigenvalue weighted by Gasteiger charge is -2.44. The van der Waals surface area contributed by atoms with E-state index in [1.165, 1.54) is 0 Å². The average molecular weight is 307 g/mol. The van der Waals surface area contributed by atoms with E-state index in [1.807, 2.05) is 67.6 Å². The van der Waals surface area contributed by atoms with E-state index in [0.29, 0.717) is 12.8 Å². The Labute approximate surface area is 137 Å². The zero-order valence-electron chi connectivity index (χ0n) is 13.2. The third kappa shape index (κ3) is 3.01. The molecule has 4 atom stereocenters. The van der Waals surface area contributed by atoms with Gasteiger partial charge in [-0.25, -0.2) is 0 Å². The predicted octanol–water partition coefficient (Wildman–Crippen LogP) is 4.17. The number of nitriles is 1. The second-order valence-corrected chi connectivity index (χ2v) is 6.12. The van der Waals surface area contributed by atoms with Gasteiger partial charge in [0, 0.05) is 12.3 Å². The van der Waals surface area contributed by atoms with Crippen molar-refractivity contribution in [3.8, 4) is 6.07 Å². The fraction of sp³-hybridized carbons (Fsp3) is 0.350. The van der Waals surface area contributed by atoms with E-state index >= 15 is 0 Å². The van der Waals surface area contributed by atoms with Crippen molar-refractivity contribution in [2.75, 3.05) is 0 Å². The molecule has 0 radical (unpaired) electrons. The van der Waals surface area contributed by atoms with Crippen LogP contribution in [0.4, 0.5) is 0 Å². The molecule has 0 amide bonds. The van der Waals surface area contributed by atoms with E-state index in [0.717, 1.165) is 11.1 Å². The summed E-state index contributed by atoms with van der Waals surface area (Å²) in [7, 11) is 0. The van der Waals surface area contributed by atoms with Gasteiger partial charge in [-0.2, -0.15) is 5.26 Å². The molecule has 4 unspecified atom stereocenters. The summed E-state index contributed by atoms with van der Waals surface area (Å²) in [4.78, 5) is 0. The SMILES string of the molecule is CCC1C(c2ccccc2)OC(c2ccccc2)CC1(O)C#N. The highest BCUT2D eigenvalue weighted by Gasteiger charge is 2.49. The molecule has 0 saturated carbocycles. The Balaban J connectivity index is 2.01. The molecule has 2 aromatic rings. The van der Waals surface area contributed by atoms with Gasteiger partial charge < -0.3 is 9.84 Å². The Bertz CT molecular complexity index is 680. The summed E-state index contributed by atoms with van der Waals surface area (Å²) in [6.45, 7) is 2.00. The van der Waals surface area contributed by atoms with E-state index in [1.54, 1.807) is 0 Å². The molecule has 1 aliphatic rings. The zero-order chi connectivity index (χ0) is 16.3. The largest absolute Gasteiger partial charge is 0.375 e. The average Bonchev–Trinajstić information content (AvgIpc) is 2.62. The quantitative estimate of drug-likeness (QED) is 0.866. The lowest BCUT2D eigenvalue weighted by atomic mass is 9.73. The predicted molar refractivity (Wildman–Crippen MR) is 88.4 cm³/mol. The lowest BCUT2D eigenvalue weighted by molar-refractivity contribution is -0.169. The van der Waals surface area contributed by atoms with Crippen LogP contribution in [-0.4, -0.2) is 10.7 Å². The number of hydrogen-bond acceptors (Lipinski definition) is 3. The van der Waals surface area contributed by atoms with Crippen molar-refractivity contribution < 1.29 is 9.84 Å². The van der Waals surface area contributed by atoms with Gasteiger partial charge in [0.1, 0.15) is 0 Å². The Morgan fingerprint density at radius 1 is 1.09 bits per heavy atom. The van der Waals surface area contributed by atoms with Crippen molar-refractivity contribution in [2.45, 2.75) is 37.6 Å². The van der Waals surface area contributed by atoms with Gasteiger partial charge in [-0.3, -0.25) is 0 Å². The third-order valence-corrected chi connectivity index (χ3v) is 4.72. The Morgan fingerprint density at radius 3 is 2.17 bits per heavy atom. The third-order valence-electron chi connectivity index (χ3n) is 4.72. The van der Waals surface area contributed by atoms with Gasteiger partial charge in [0.2, 0.25) is 0 Å². The number of benzene rings is 2. The fourth-order valence-electron chi connectivity index (χ4n) is 3.50. The van der Waals surface area contributed by atoms with Gasteiger partial charge in [0.05, 0.1) is 18.3 Å². The van der Waals surface area contributed by atoms with Crippen LogP contribution in [0.25, 0.3) is 0 Å². The van der Waals surface area contributed by atoms with Crippen LogP contribution in [0.5, 0.6) is 0 Å². The summed E-state index contributed by atoms with van der Waals surface area (Å²) in [5, 5.41) is 20.6. The molecule has 0 spiro atoms. The molecule has 118 valence electrons. The lowest BCUT2D eigenvalue weighted by Crippen LogP contribution is -2.46. The summed E-state index contributed by atoms with van der Waals surface area (Å²) in [5.41, 5.74) is 0.624. The smallest absolute Gasteiger partial charge is 0.159 e. The first-order valence-corrected chi connectivity index (χ1v) is 8.07. The molecule has 1 N–H and O–H groups in total. The highest BCUT2D eigenvalue weighted by atomic mass is 16.5. The summed E-state index contributed by atoms with van der Waals surface area (Å²) >= 11 is 0. The molecule has 23 heavy (non-hydrogen) atoms. The second-order valence-electron chi connectivity index (χ2n) is 6.12. The number of rotatable bonds is 3. The first kappa shape index (κ1) is 15.7. The molecule has 3 rings (SSSR count). The maximum absolute atomic E-state index is 11.0. The van der Waals surface area contributed by atoms with E-state index in [9.17, 15) is 10.4 Å². The van der Waals surface area contributed by atoms with Gasteiger partial charge in [0.25, 0.3) is 0 Å². The minimum Gasteiger partial charge on any atom is -0.375 e. The highest BCUT2D eigenvalue weighted by molar-refractivity contribution is 5.26. The molecule has 2 aromatic carbocycles. The standard InChI is InChI=1S/C20H21NO2/c1-2-17-19(16-11-7-4-8-12-16)23-18(13-20(17,22)14-21)15-9-5-3-6-10-15/h3-12,17-19,22H,2,13H2,1H3. The first-order chi connectivity index (χ1) is 11.2. The van der Waals surface area contributed by atoms with Crippen molar-refractivity contribution in [3.05, 3.63) is 71.8 Å². The minimum absolute atomic E-state index is 0.241. The van der Waals surface area contributed by atoms with Crippen LogP contribution in [0.3, 0.4) is 0 Å². The Morgan fingerprint density at radius 2 is 1.65 bits per heavy atom. The van der Waals surface area contributed by atoms with Crippen LogP contribution in [0.15, 0.2) is 60.7 Å².